The summed E-state index contributed by atoms with van der Waals surface area (Å²) in [6, 6.07) is 0.600. The summed E-state index contributed by atoms with van der Waals surface area (Å²) in [6.07, 6.45) is 4.04. The zero-order chi connectivity index (χ0) is 12.8. The van der Waals surface area contributed by atoms with Gasteiger partial charge in [-0.05, 0) is 45.3 Å². The van der Waals surface area contributed by atoms with Gasteiger partial charge in [0, 0.05) is 39.3 Å². The SMILES string of the molecule is COCC(NCCCN1CCN(C)CC1)C1CC1. The highest BCUT2D eigenvalue weighted by Crippen LogP contribution is 2.32. The van der Waals surface area contributed by atoms with Gasteiger partial charge in [-0.25, -0.2) is 0 Å². The second-order valence-electron chi connectivity index (χ2n) is 5.85. The molecule has 1 heterocycles. The van der Waals surface area contributed by atoms with Crippen molar-refractivity contribution >= 4 is 0 Å². The first kappa shape index (κ1) is 14.3. The fraction of sp³-hybridized carbons (Fsp3) is 1.00. The predicted molar refractivity (Wildman–Crippen MR) is 74.9 cm³/mol. The largest absolute Gasteiger partial charge is 0.383 e. The van der Waals surface area contributed by atoms with E-state index in [1.807, 2.05) is 0 Å². The standard InChI is InChI=1S/C14H29N3O/c1-16-8-10-17(11-9-16)7-3-6-15-14(12-18-2)13-4-5-13/h13-15H,3-12H2,1-2H3. The molecule has 1 aliphatic carbocycles. The molecular formula is C14H29N3O. The minimum Gasteiger partial charge on any atom is -0.383 e. The average molecular weight is 255 g/mol. The molecule has 1 atom stereocenters. The topological polar surface area (TPSA) is 27.7 Å². The predicted octanol–water partition coefficient (Wildman–Crippen LogP) is 0.639. The molecule has 1 saturated heterocycles. The molecule has 2 fully saturated rings. The quantitative estimate of drug-likeness (QED) is 0.644. The maximum Gasteiger partial charge on any atom is 0.0618 e. The fourth-order valence-electron chi connectivity index (χ4n) is 2.70. The van der Waals surface area contributed by atoms with Crippen molar-refractivity contribution in [2.24, 2.45) is 5.92 Å². The molecule has 4 heteroatoms. The third kappa shape index (κ3) is 4.84. The van der Waals surface area contributed by atoms with E-state index in [2.05, 4.69) is 22.2 Å². The molecule has 1 unspecified atom stereocenters. The van der Waals surface area contributed by atoms with Crippen molar-refractivity contribution in [3.8, 4) is 0 Å². The van der Waals surface area contributed by atoms with E-state index < -0.39 is 0 Å². The van der Waals surface area contributed by atoms with Crippen LogP contribution in [0.2, 0.25) is 0 Å². The second kappa shape index (κ2) is 7.43. The third-order valence-electron chi connectivity index (χ3n) is 4.19. The minimum absolute atomic E-state index is 0.600. The van der Waals surface area contributed by atoms with Crippen molar-refractivity contribution in [2.45, 2.75) is 25.3 Å². The Kier molecular flexibility index (Phi) is 5.89. The van der Waals surface area contributed by atoms with Crippen LogP contribution in [0, 0.1) is 5.92 Å². The lowest BCUT2D eigenvalue weighted by atomic mass is 10.2. The van der Waals surface area contributed by atoms with E-state index in [0.29, 0.717) is 6.04 Å². The van der Waals surface area contributed by atoms with Gasteiger partial charge in [0.15, 0.2) is 0 Å². The van der Waals surface area contributed by atoms with Gasteiger partial charge in [0.25, 0.3) is 0 Å². The molecule has 18 heavy (non-hydrogen) atoms. The summed E-state index contributed by atoms with van der Waals surface area (Å²) in [5, 5.41) is 3.67. The zero-order valence-corrected chi connectivity index (χ0v) is 12.0. The second-order valence-corrected chi connectivity index (χ2v) is 5.85. The Balaban J connectivity index is 1.52. The maximum atomic E-state index is 5.29. The minimum atomic E-state index is 0.600. The summed E-state index contributed by atoms with van der Waals surface area (Å²) in [6.45, 7) is 8.17. The van der Waals surface area contributed by atoms with Crippen LogP contribution in [-0.4, -0.2) is 75.9 Å². The van der Waals surface area contributed by atoms with Crippen molar-refractivity contribution in [1.29, 1.82) is 0 Å². The van der Waals surface area contributed by atoms with Crippen LogP contribution in [0.25, 0.3) is 0 Å². The normalized spacial score (nSPS) is 24.3. The molecule has 0 radical (unpaired) electrons. The van der Waals surface area contributed by atoms with Gasteiger partial charge in [0.1, 0.15) is 0 Å². The smallest absolute Gasteiger partial charge is 0.0618 e. The number of methoxy groups -OCH3 is 1. The van der Waals surface area contributed by atoms with Crippen molar-refractivity contribution in [2.75, 3.05) is 60.0 Å². The molecule has 4 nitrogen and oxygen atoms in total. The van der Waals surface area contributed by atoms with Crippen LogP contribution >= 0.6 is 0 Å². The monoisotopic (exact) mass is 255 g/mol. The van der Waals surface area contributed by atoms with Crippen LogP contribution in [0.5, 0.6) is 0 Å². The molecule has 2 rings (SSSR count). The molecule has 0 bridgehead atoms. The van der Waals surface area contributed by atoms with Gasteiger partial charge < -0.3 is 19.9 Å². The molecular weight excluding hydrogens is 226 g/mol. The van der Waals surface area contributed by atoms with Gasteiger partial charge in [-0.1, -0.05) is 0 Å². The number of ether oxygens (including phenoxy) is 1. The zero-order valence-electron chi connectivity index (χ0n) is 12.0. The molecule has 0 aromatic carbocycles. The van der Waals surface area contributed by atoms with Crippen LogP contribution in [0.1, 0.15) is 19.3 Å². The molecule has 0 amide bonds. The van der Waals surface area contributed by atoms with Crippen LogP contribution in [-0.2, 0) is 4.74 Å². The van der Waals surface area contributed by atoms with Gasteiger partial charge in [-0.3, -0.25) is 0 Å². The summed E-state index contributed by atoms with van der Waals surface area (Å²) in [5.74, 6) is 0.883. The van der Waals surface area contributed by atoms with Crippen LogP contribution in [0.15, 0.2) is 0 Å². The Morgan fingerprint density at radius 2 is 1.94 bits per heavy atom. The lowest BCUT2D eigenvalue weighted by molar-refractivity contribution is 0.145. The molecule has 0 aromatic heterocycles. The Hall–Kier alpha value is -0.160. The molecule has 0 aromatic rings. The van der Waals surface area contributed by atoms with E-state index in [1.54, 1.807) is 7.11 Å². The van der Waals surface area contributed by atoms with Gasteiger partial charge in [-0.2, -0.15) is 0 Å². The number of hydrogen-bond acceptors (Lipinski definition) is 4. The lowest BCUT2D eigenvalue weighted by Gasteiger charge is -2.32. The first-order chi connectivity index (χ1) is 8.79. The summed E-state index contributed by atoms with van der Waals surface area (Å²) in [5.41, 5.74) is 0. The average Bonchev–Trinajstić information content (AvgIpc) is 3.19. The number of rotatable bonds is 8. The van der Waals surface area contributed by atoms with Crippen molar-refractivity contribution in [3.05, 3.63) is 0 Å². The Morgan fingerprint density at radius 1 is 1.22 bits per heavy atom. The molecule has 1 N–H and O–H groups in total. The van der Waals surface area contributed by atoms with E-state index in [4.69, 9.17) is 4.74 Å². The highest BCUT2D eigenvalue weighted by atomic mass is 16.5. The van der Waals surface area contributed by atoms with Crippen molar-refractivity contribution in [3.63, 3.8) is 0 Å². The van der Waals surface area contributed by atoms with Crippen molar-refractivity contribution < 1.29 is 4.74 Å². The van der Waals surface area contributed by atoms with Gasteiger partial charge >= 0.3 is 0 Å². The van der Waals surface area contributed by atoms with E-state index in [9.17, 15) is 0 Å². The number of nitrogens with one attached hydrogen (secondary N) is 1. The highest BCUT2D eigenvalue weighted by Gasteiger charge is 2.30. The lowest BCUT2D eigenvalue weighted by Crippen LogP contribution is -2.45. The van der Waals surface area contributed by atoms with Crippen molar-refractivity contribution in [1.82, 2.24) is 15.1 Å². The van der Waals surface area contributed by atoms with Crippen LogP contribution in [0.3, 0.4) is 0 Å². The first-order valence-electron chi connectivity index (χ1n) is 7.43. The van der Waals surface area contributed by atoms with Crippen LogP contribution in [0.4, 0.5) is 0 Å². The van der Waals surface area contributed by atoms with E-state index in [1.165, 1.54) is 52.0 Å². The summed E-state index contributed by atoms with van der Waals surface area (Å²) in [4.78, 5) is 5.00. The number of hydrogen-bond donors (Lipinski definition) is 1. The summed E-state index contributed by atoms with van der Waals surface area (Å²) < 4.78 is 5.29. The number of likely N-dealkylation sites (N-methyl/N-ethyl adjacent to an activating group) is 1. The number of piperazine rings is 1. The Labute approximate surface area is 112 Å². The molecule has 1 aliphatic heterocycles. The Bertz CT molecular complexity index is 225. The third-order valence-corrected chi connectivity index (χ3v) is 4.19. The Morgan fingerprint density at radius 3 is 2.56 bits per heavy atom. The highest BCUT2D eigenvalue weighted by molar-refractivity contribution is 4.86. The van der Waals surface area contributed by atoms with Crippen LogP contribution < -0.4 is 5.32 Å². The van der Waals surface area contributed by atoms with E-state index in [-0.39, 0.29) is 0 Å². The number of nitrogens with zero attached hydrogens (tertiary/aromatic N) is 2. The van der Waals surface area contributed by atoms with E-state index in [0.717, 1.165) is 19.1 Å². The molecule has 2 aliphatic rings. The summed E-state index contributed by atoms with van der Waals surface area (Å²) >= 11 is 0. The molecule has 1 saturated carbocycles. The van der Waals surface area contributed by atoms with Gasteiger partial charge in [-0.15, -0.1) is 0 Å². The first-order valence-corrected chi connectivity index (χ1v) is 7.43. The molecule has 0 spiro atoms. The summed E-state index contributed by atoms with van der Waals surface area (Å²) in [7, 11) is 4.02. The molecule has 106 valence electrons. The van der Waals surface area contributed by atoms with Gasteiger partial charge in [0.05, 0.1) is 6.61 Å². The maximum absolute atomic E-state index is 5.29. The van der Waals surface area contributed by atoms with E-state index >= 15 is 0 Å². The van der Waals surface area contributed by atoms with Gasteiger partial charge in [0.2, 0.25) is 0 Å². The fourth-order valence-corrected chi connectivity index (χ4v) is 2.70.